The van der Waals surface area contributed by atoms with E-state index in [1.54, 1.807) is 6.92 Å². The second-order valence-corrected chi connectivity index (χ2v) is 5.19. The molecule has 20 heavy (non-hydrogen) atoms. The number of carbonyl (C=O) groups is 3. The van der Waals surface area contributed by atoms with Gasteiger partial charge in [0.05, 0.1) is 18.4 Å². The summed E-state index contributed by atoms with van der Waals surface area (Å²) in [7, 11) is 0. The number of ether oxygens (including phenoxy) is 1. The van der Waals surface area contributed by atoms with Crippen molar-refractivity contribution in [1.82, 2.24) is 5.32 Å². The molecule has 0 aromatic carbocycles. The van der Waals surface area contributed by atoms with E-state index >= 15 is 0 Å². The normalized spacial score (nSPS) is 18.3. The van der Waals surface area contributed by atoms with Gasteiger partial charge in [-0.1, -0.05) is 6.92 Å². The van der Waals surface area contributed by atoms with Crippen LogP contribution in [-0.2, 0) is 19.1 Å². The van der Waals surface area contributed by atoms with E-state index in [0.29, 0.717) is 0 Å². The Labute approximate surface area is 117 Å². The molecule has 0 spiro atoms. The molecule has 7 heteroatoms. The molecule has 1 aliphatic carbocycles. The van der Waals surface area contributed by atoms with E-state index in [1.807, 2.05) is 0 Å². The first-order valence-electron chi connectivity index (χ1n) is 6.85. The first-order valence-corrected chi connectivity index (χ1v) is 6.85. The number of esters is 1. The maximum absolute atomic E-state index is 11.8. The number of nitrogens with two attached hydrogens (primary N) is 1. The van der Waals surface area contributed by atoms with Crippen LogP contribution in [0.25, 0.3) is 0 Å². The van der Waals surface area contributed by atoms with Crippen LogP contribution in [0.1, 0.15) is 39.0 Å². The zero-order valence-corrected chi connectivity index (χ0v) is 11.6. The van der Waals surface area contributed by atoms with Crippen LogP contribution in [0.3, 0.4) is 0 Å². The molecule has 0 heterocycles. The molecule has 1 amide bonds. The monoisotopic (exact) mass is 286 g/mol. The van der Waals surface area contributed by atoms with Crippen LogP contribution in [0.2, 0.25) is 0 Å². The lowest BCUT2D eigenvalue weighted by molar-refractivity contribution is -0.153. The highest BCUT2D eigenvalue weighted by Crippen LogP contribution is 2.21. The molecule has 2 unspecified atom stereocenters. The first kappa shape index (κ1) is 16.4. The molecule has 0 bridgehead atoms. The van der Waals surface area contributed by atoms with Crippen molar-refractivity contribution >= 4 is 17.8 Å². The van der Waals surface area contributed by atoms with Crippen molar-refractivity contribution in [1.29, 1.82) is 0 Å². The number of amides is 1. The molecule has 1 saturated carbocycles. The molecule has 114 valence electrons. The van der Waals surface area contributed by atoms with Gasteiger partial charge in [0.15, 0.2) is 0 Å². The topological polar surface area (TPSA) is 119 Å². The average molecular weight is 286 g/mol. The van der Waals surface area contributed by atoms with E-state index in [1.165, 1.54) is 0 Å². The SMILES string of the molecule is CC(CNC(=O)C(N)CC(=O)O)C(=O)OC1CCCC1. The van der Waals surface area contributed by atoms with Gasteiger partial charge in [-0.3, -0.25) is 14.4 Å². The third-order valence-electron chi connectivity index (χ3n) is 3.30. The fourth-order valence-corrected chi connectivity index (χ4v) is 2.04. The summed E-state index contributed by atoms with van der Waals surface area (Å²) < 4.78 is 5.31. The summed E-state index contributed by atoms with van der Waals surface area (Å²) in [6.07, 6.45) is 3.50. The van der Waals surface area contributed by atoms with Crippen LogP contribution < -0.4 is 11.1 Å². The van der Waals surface area contributed by atoms with E-state index in [0.717, 1.165) is 25.7 Å². The van der Waals surface area contributed by atoms with Crippen LogP contribution in [0.4, 0.5) is 0 Å². The number of carboxylic acid groups (broad SMARTS) is 1. The van der Waals surface area contributed by atoms with E-state index in [9.17, 15) is 14.4 Å². The molecule has 2 atom stereocenters. The third kappa shape index (κ3) is 5.56. The Morgan fingerprint density at radius 2 is 1.95 bits per heavy atom. The third-order valence-corrected chi connectivity index (χ3v) is 3.30. The molecule has 0 aliphatic heterocycles. The van der Waals surface area contributed by atoms with Gasteiger partial charge in [0.2, 0.25) is 5.91 Å². The molecule has 1 aliphatic rings. The van der Waals surface area contributed by atoms with E-state index in [4.69, 9.17) is 15.6 Å². The molecule has 7 nitrogen and oxygen atoms in total. The standard InChI is InChI=1S/C13H22N2O5/c1-8(13(19)20-9-4-2-3-5-9)7-15-12(18)10(14)6-11(16)17/h8-10H,2-7,14H2,1H3,(H,15,18)(H,16,17). The van der Waals surface area contributed by atoms with Gasteiger partial charge in [0.1, 0.15) is 6.10 Å². The minimum Gasteiger partial charge on any atom is -0.481 e. The fourth-order valence-electron chi connectivity index (χ4n) is 2.04. The quantitative estimate of drug-likeness (QED) is 0.568. The number of nitrogens with one attached hydrogen (secondary N) is 1. The zero-order chi connectivity index (χ0) is 15.1. The summed E-state index contributed by atoms with van der Waals surface area (Å²) in [5.41, 5.74) is 5.40. The maximum atomic E-state index is 11.8. The molecule has 1 rings (SSSR count). The second-order valence-electron chi connectivity index (χ2n) is 5.19. The van der Waals surface area contributed by atoms with Crippen molar-refractivity contribution in [2.75, 3.05) is 6.54 Å². The highest BCUT2D eigenvalue weighted by atomic mass is 16.5. The number of hydrogen-bond acceptors (Lipinski definition) is 5. The van der Waals surface area contributed by atoms with Gasteiger partial charge in [0.25, 0.3) is 0 Å². The largest absolute Gasteiger partial charge is 0.481 e. The Morgan fingerprint density at radius 3 is 2.50 bits per heavy atom. The van der Waals surface area contributed by atoms with E-state index in [-0.39, 0.29) is 18.6 Å². The summed E-state index contributed by atoms with van der Waals surface area (Å²) >= 11 is 0. The Hall–Kier alpha value is -1.63. The summed E-state index contributed by atoms with van der Waals surface area (Å²) in [6, 6.07) is -1.11. The van der Waals surface area contributed by atoms with Gasteiger partial charge >= 0.3 is 11.9 Å². The van der Waals surface area contributed by atoms with Gasteiger partial charge in [-0.25, -0.2) is 0 Å². The van der Waals surface area contributed by atoms with Gasteiger partial charge < -0.3 is 20.9 Å². The highest BCUT2D eigenvalue weighted by Gasteiger charge is 2.24. The van der Waals surface area contributed by atoms with Gasteiger partial charge in [-0.15, -0.1) is 0 Å². The Balaban J connectivity index is 2.27. The smallest absolute Gasteiger partial charge is 0.310 e. The summed E-state index contributed by atoms with van der Waals surface area (Å²) in [4.78, 5) is 33.7. The van der Waals surface area contributed by atoms with E-state index in [2.05, 4.69) is 5.32 Å². The lowest BCUT2D eigenvalue weighted by Crippen LogP contribution is -2.44. The van der Waals surface area contributed by atoms with Crippen molar-refractivity contribution in [2.45, 2.75) is 51.2 Å². The molecule has 0 saturated heterocycles. The first-order chi connectivity index (χ1) is 9.40. The van der Waals surface area contributed by atoms with Gasteiger partial charge in [0, 0.05) is 6.54 Å². The van der Waals surface area contributed by atoms with Crippen molar-refractivity contribution < 1.29 is 24.2 Å². The number of carbonyl (C=O) groups excluding carboxylic acids is 2. The van der Waals surface area contributed by atoms with Crippen molar-refractivity contribution in [3.8, 4) is 0 Å². The predicted octanol–water partition coefficient (Wildman–Crippen LogP) is 0.0265. The summed E-state index contributed by atoms with van der Waals surface area (Å²) in [6.45, 7) is 1.75. The van der Waals surface area contributed by atoms with Crippen molar-refractivity contribution in [3.63, 3.8) is 0 Å². The summed E-state index contributed by atoms with van der Waals surface area (Å²) in [5.74, 6) is -2.53. The number of aliphatic carboxylic acids is 1. The van der Waals surface area contributed by atoms with Crippen LogP contribution in [0.15, 0.2) is 0 Å². The minimum atomic E-state index is -1.14. The Bertz CT molecular complexity index is 366. The predicted molar refractivity (Wildman–Crippen MR) is 70.7 cm³/mol. The number of carboxylic acids is 1. The van der Waals surface area contributed by atoms with Crippen molar-refractivity contribution in [3.05, 3.63) is 0 Å². The van der Waals surface area contributed by atoms with Crippen LogP contribution in [0.5, 0.6) is 0 Å². The molecule has 1 fully saturated rings. The van der Waals surface area contributed by atoms with E-state index < -0.39 is 30.3 Å². The average Bonchev–Trinajstić information content (AvgIpc) is 2.87. The van der Waals surface area contributed by atoms with Gasteiger partial charge in [-0.05, 0) is 25.7 Å². The van der Waals surface area contributed by atoms with Crippen LogP contribution in [-0.4, -0.2) is 41.6 Å². The highest BCUT2D eigenvalue weighted by molar-refractivity contribution is 5.86. The molecule has 0 aromatic rings. The number of rotatable bonds is 7. The molecule has 0 aromatic heterocycles. The lowest BCUT2D eigenvalue weighted by Gasteiger charge is -2.17. The molecular weight excluding hydrogens is 264 g/mol. The number of hydrogen-bond donors (Lipinski definition) is 3. The fraction of sp³-hybridized carbons (Fsp3) is 0.769. The molecule has 0 radical (unpaired) electrons. The van der Waals surface area contributed by atoms with Crippen molar-refractivity contribution in [2.24, 2.45) is 11.7 Å². The zero-order valence-electron chi connectivity index (χ0n) is 11.6. The Morgan fingerprint density at radius 1 is 1.35 bits per heavy atom. The van der Waals surface area contributed by atoms with Crippen LogP contribution >= 0.6 is 0 Å². The lowest BCUT2D eigenvalue weighted by atomic mass is 10.1. The molecular formula is C13H22N2O5. The van der Waals surface area contributed by atoms with Gasteiger partial charge in [-0.2, -0.15) is 0 Å². The molecule has 4 N–H and O–H groups in total. The maximum Gasteiger partial charge on any atom is 0.310 e. The Kier molecular flexibility index (Phi) is 6.44. The van der Waals surface area contributed by atoms with Crippen LogP contribution in [0, 0.1) is 5.92 Å². The second kappa shape index (κ2) is 7.84. The summed E-state index contributed by atoms with van der Waals surface area (Å²) in [5, 5.41) is 11.0. The minimum absolute atomic E-state index is 0.00470.